The molecule has 0 saturated carbocycles. The summed E-state index contributed by atoms with van der Waals surface area (Å²) in [5.41, 5.74) is 15.2. The molecule has 0 aliphatic rings. The third-order valence-corrected chi connectivity index (χ3v) is 3.64. The van der Waals surface area contributed by atoms with Gasteiger partial charge in [-0.25, -0.2) is 9.97 Å². The van der Waals surface area contributed by atoms with E-state index in [9.17, 15) is 0 Å². The van der Waals surface area contributed by atoms with E-state index in [1.54, 1.807) is 0 Å². The second-order valence-corrected chi connectivity index (χ2v) is 5.33. The number of nitrogens with zero attached hydrogens (tertiary/aromatic N) is 3. The lowest BCUT2D eigenvalue weighted by molar-refractivity contribution is 0.724. The summed E-state index contributed by atoms with van der Waals surface area (Å²) in [4.78, 5) is 12.7. The number of nitrogen functional groups attached to an aromatic ring is 2. The predicted octanol–water partition coefficient (Wildman–Crippen LogP) is 2.75. The zero-order valence-corrected chi connectivity index (χ0v) is 12.4. The number of unbranched alkanes of at least 4 members (excludes halogenated alkanes) is 1. The lowest BCUT2D eigenvalue weighted by Crippen LogP contribution is -2.03. The monoisotopic (exact) mass is 293 g/mol. The molecule has 0 aliphatic heterocycles. The van der Waals surface area contributed by atoms with Crippen LogP contribution in [0.1, 0.15) is 24.1 Å². The normalized spacial score (nSPS) is 10.9. The molecule has 5 nitrogen and oxygen atoms in total. The molecule has 0 aliphatic carbocycles. The van der Waals surface area contributed by atoms with Crippen LogP contribution in [0, 0.1) is 0 Å². The molecule has 2 aromatic heterocycles. The average Bonchev–Trinajstić information content (AvgIpc) is 2.53. The molecule has 1 aromatic carbocycles. The van der Waals surface area contributed by atoms with Crippen molar-refractivity contribution in [1.29, 1.82) is 0 Å². The number of nitrogens with two attached hydrogens (primary N) is 2. The number of hydrogen-bond donors (Lipinski definition) is 2. The van der Waals surface area contributed by atoms with Crippen molar-refractivity contribution >= 4 is 22.8 Å². The van der Waals surface area contributed by atoms with Crippen LogP contribution in [-0.2, 0) is 12.8 Å². The SMILES string of the molecule is Nc1nc(N)c2nc(CCCCc3ccccc3)ccc2n1. The van der Waals surface area contributed by atoms with Gasteiger partial charge in [-0.3, -0.25) is 0 Å². The molecule has 0 unspecified atom stereocenters. The molecule has 4 N–H and O–H groups in total. The first-order chi connectivity index (χ1) is 10.7. The number of fused-ring (bicyclic) bond motifs is 1. The second kappa shape index (κ2) is 6.39. The van der Waals surface area contributed by atoms with Gasteiger partial charge >= 0.3 is 0 Å². The van der Waals surface area contributed by atoms with Crippen LogP contribution in [0.25, 0.3) is 11.0 Å². The molecule has 0 bridgehead atoms. The molecule has 0 amide bonds. The van der Waals surface area contributed by atoms with E-state index in [1.807, 2.05) is 18.2 Å². The minimum absolute atomic E-state index is 0.183. The summed E-state index contributed by atoms with van der Waals surface area (Å²) in [5, 5.41) is 0. The number of anilines is 2. The predicted molar refractivity (Wildman–Crippen MR) is 89.2 cm³/mol. The molecule has 0 spiro atoms. The molecule has 0 saturated heterocycles. The van der Waals surface area contributed by atoms with Crippen LogP contribution in [0.2, 0.25) is 0 Å². The van der Waals surface area contributed by atoms with Crippen LogP contribution >= 0.6 is 0 Å². The first-order valence-corrected chi connectivity index (χ1v) is 7.45. The van der Waals surface area contributed by atoms with E-state index in [1.165, 1.54) is 5.56 Å². The van der Waals surface area contributed by atoms with Gasteiger partial charge in [-0.2, -0.15) is 4.98 Å². The molecule has 0 radical (unpaired) electrons. The van der Waals surface area contributed by atoms with Crippen molar-refractivity contribution in [2.45, 2.75) is 25.7 Å². The molecule has 0 atom stereocenters. The molecule has 22 heavy (non-hydrogen) atoms. The maximum absolute atomic E-state index is 5.86. The van der Waals surface area contributed by atoms with Crippen molar-refractivity contribution in [3.63, 3.8) is 0 Å². The number of benzene rings is 1. The highest BCUT2D eigenvalue weighted by atomic mass is 15.0. The van der Waals surface area contributed by atoms with Gasteiger partial charge in [-0.05, 0) is 43.4 Å². The van der Waals surface area contributed by atoms with E-state index >= 15 is 0 Å². The summed E-state index contributed by atoms with van der Waals surface area (Å²) in [6.07, 6.45) is 4.24. The molecule has 3 aromatic rings. The summed E-state index contributed by atoms with van der Waals surface area (Å²) < 4.78 is 0. The molecule has 3 rings (SSSR count). The van der Waals surface area contributed by atoms with E-state index in [4.69, 9.17) is 11.5 Å². The Morgan fingerprint density at radius 1 is 0.773 bits per heavy atom. The molecule has 0 fully saturated rings. The van der Waals surface area contributed by atoms with Crippen LogP contribution in [0.15, 0.2) is 42.5 Å². The van der Waals surface area contributed by atoms with E-state index in [0.717, 1.165) is 31.4 Å². The summed E-state index contributed by atoms with van der Waals surface area (Å²) in [5.74, 6) is 0.524. The van der Waals surface area contributed by atoms with Crippen LogP contribution in [0.5, 0.6) is 0 Å². The Morgan fingerprint density at radius 2 is 1.55 bits per heavy atom. The van der Waals surface area contributed by atoms with Gasteiger partial charge in [0.15, 0.2) is 5.82 Å². The highest BCUT2D eigenvalue weighted by Gasteiger charge is 2.06. The van der Waals surface area contributed by atoms with Gasteiger partial charge in [-0.15, -0.1) is 0 Å². The zero-order valence-electron chi connectivity index (χ0n) is 12.4. The van der Waals surface area contributed by atoms with Gasteiger partial charge in [0.05, 0.1) is 5.52 Å². The Labute approximate surface area is 129 Å². The summed E-state index contributed by atoms with van der Waals surface area (Å²) in [7, 11) is 0. The molecular formula is C17H19N5. The Balaban J connectivity index is 1.62. The van der Waals surface area contributed by atoms with Crippen molar-refractivity contribution in [2.24, 2.45) is 0 Å². The summed E-state index contributed by atoms with van der Waals surface area (Å²) in [6, 6.07) is 14.4. The van der Waals surface area contributed by atoms with Gasteiger partial charge in [0.2, 0.25) is 5.95 Å². The first kappa shape index (κ1) is 14.3. The van der Waals surface area contributed by atoms with Crippen molar-refractivity contribution in [3.05, 3.63) is 53.7 Å². The zero-order chi connectivity index (χ0) is 15.4. The van der Waals surface area contributed by atoms with E-state index in [-0.39, 0.29) is 5.95 Å². The molecular weight excluding hydrogens is 274 g/mol. The maximum Gasteiger partial charge on any atom is 0.222 e. The second-order valence-electron chi connectivity index (χ2n) is 5.33. The number of aryl methyl sites for hydroxylation is 2. The van der Waals surface area contributed by atoms with Crippen molar-refractivity contribution < 1.29 is 0 Å². The van der Waals surface area contributed by atoms with Gasteiger partial charge in [-0.1, -0.05) is 30.3 Å². The fourth-order valence-corrected chi connectivity index (χ4v) is 2.51. The van der Waals surface area contributed by atoms with E-state index in [0.29, 0.717) is 16.9 Å². The van der Waals surface area contributed by atoms with Crippen molar-refractivity contribution in [1.82, 2.24) is 15.0 Å². The average molecular weight is 293 g/mol. The van der Waals surface area contributed by atoms with Crippen LogP contribution in [0.3, 0.4) is 0 Å². The minimum Gasteiger partial charge on any atom is -0.382 e. The minimum atomic E-state index is 0.183. The quantitative estimate of drug-likeness (QED) is 0.706. The maximum atomic E-state index is 5.86. The molecule has 2 heterocycles. The van der Waals surface area contributed by atoms with Gasteiger partial charge in [0, 0.05) is 5.69 Å². The lowest BCUT2D eigenvalue weighted by Gasteiger charge is -2.05. The van der Waals surface area contributed by atoms with Gasteiger partial charge in [0.25, 0.3) is 0 Å². The Bertz CT molecular complexity index is 771. The largest absolute Gasteiger partial charge is 0.382 e. The van der Waals surface area contributed by atoms with Crippen molar-refractivity contribution in [3.8, 4) is 0 Å². The highest BCUT2D eigenvalue weighted by molar-refractivity contribution is 5.84. The van der Waals surface area contributed by atoms with Gasteiger partial charge in [0.1, 0.15) is 5.52 Å². The van der Waals surface area contributed by atoms with E-state index in [2.05, 4.69) is 39.2 Å². The smallest absolute Gasteiger partial charge is 0.222 e. The van der Waals surface area contributed by atoms with Crippen molar-refractivity contribution in [2.75, 3.05) is 11.5 Å². The summed E-state index contributed by atoms with van der Waals surface area (Å²) in [6.45, 7) is 0. The fourth-order valence-electron chi connectivity index (χ4n) is 2.51. The lowest BCUT2D eigenvalue weighted by atomic mass is 10.1. The number of rotatable bonds is 5. The fraction of sp³-hybridized carbons (Fsp3) is 0.235. The van der Waals surface area contributed by atoms with Crippen LogP contribution in [0.4, 0.5) is 11.8 Å². The number of hydrogen-bond acceptors (Lipinski definition) is 5. The standard InChI is InChI=1S/C17H19N5/c18-16-15-14(21-17(19)22-16)11-10-13(20-15)9-5-4-8-12-6-2-1-3-7-12/h1-3,6-7,10-11H,4-5,8-9H2,(H4,18,19,21,22). The summed E-state index contributed by atoms with van der Waals surface area (Å²) >= 11 is 0. The van der Waals surface area contributed by atoms with Crippen LogP contribution in [-0.4, -0.2) is 15.0 Å². The topological polar surface area (TPSA) is 90.7 Å². The van der Waals surface area contributed by atoms with Gasteiger partial charge < -0.3 is 11.5 Å². The highest BCUT2D eigenvalue weighted by Crippen LogP contribution is 2.18. The van der Waals surface area contributed by atoms with Crippen LogP contribution < -0.4 is 11.5 Å². The number of aromatic nitrogens is 3. The third kappa shape index (κ3) is 3.31. The first-order valence-electron chi connectivity index (χ1n) is 7.45. The Morgan fingerprint density at radius 3 is 2.36 bits per heavy atom. The Kier molecular flexibility index (Phi) is 4.14. The molecule has 112 valence electrons. The number of pyridine rings is 1. The molecule has 5 heteroatoms. The van der Waals surface area contributed by atoms with E-state index < -0.39 is 0 Å². The Hall–Kier alpha value is -2.69. The third-order valence-electron chi connectivity index (χ3n) is 3.64.